The Morgan fingerprint density at radius 3 is 1.50 bits per heavy atom. The standard InChI is InChI=1S/C30H30O3Si/c1-4-10-24(11-5-1)31-34(32-25-12-6-2-7-13-25,33-26-14-8-3-9-15-26)28-20-23-19-27(28)30-22-17-16-21(18-22)29(23)30/h1-17,21-23,27-30H,18-20H2. The normalized spacial score (nSPS) is 32.5. The van der Waals surface area contributed by atoms with Crippen LogP contribution in [0.1, 0.15) is 19.3 Å². The lowest BCUT2D eigenvalue weighted by Gasteiger charge is -2.42. The van der Waals surface area contributed by atoms with Gasteiger partial charge in [-0.3, -0.25) is 0 Å². The maximum Gasteiger partial charge on any atom is 0.702 e. The Kier molecular flexibility index (Phi) is 4.83. The van der Waals surface area contributed by atoms with Crippen LogP contribution in [0.25, 0.3) is 0 Å². The molecule has 0 aliphatic heterocycles. The maximum absolute atomic E-state index is 6.95. The third-order valence-corrected chi connectivity index (χ3v) is 11.9. The SMILES string of the molecule is C1=CC2CC1C1C3CC(C21)C([Si](Oc1ccccc1)(Oc1ccccc1)Oc1ccccc1)C3. The molecule has 7 rings (SSSR count). The largest absolute Gasteiger partial charge is 0.702 e. The summed E-state index contributed by atoms with van der Waals surface area (Å²) in [5, 5.41) is 0. The van der Waals surface area contributed by atoms with Crippen molar-refractivity contribution in [3.05, 3.63) is 103 Å². The number of hydrogen-bond donors (Lipinski definition) is 0. The summed E-state index contributed by atoms with van der Waals surface area (Å²) in [7, 11) is -3.25. The summed E-state index contributed by atoms with van der Waals surface area (Å²) in [6, 6.07) is 30.4. The van der Waals surface area contributed by atoms with E-state index in [-0.39, 0.29) is 5.54 Å². The number of allylic oxidation sites excluding steroid dienone is 2. The first-order chi connectivity index (χ1) is 16.8. The highest BCUT2D eigenvalue weighted by Gasteiger charge is 2.71. The predicted octanol–water partition coefficient (Wildman–Crippen LogP) is 7.01. The van der Waals surface area contributed by atoms with Crippen molar-refractivity contribution in [2.24, 2.45) is 35.5 Å². The number of para-hydroxylation sites is 3. The van der Waals surface area contributed by atoms with E-state index in [2.05, 4.69) is 12.2 Å². The minimum Gasteiger partial charge on any atom is -0.483 e. The summed E-state index contributed by atoms with van der Waals surface area (Å²) in [6.45, 7) is 0. The van der Waals surface area contributed by atoms with Gasteiger partial charge < -0.3 is 13.3 Å². The highest BCUT2D eigenvalue weighted by atomic mass is 28.4. The molecule has 4 bridgehead atoms. The van der Waals surface area contributed by atoms with Gasteiger partial charge >= 0.3 is 8.80 Å². The molecule has 4 aliphatic rings. The summed E-state index contributed by atoms with van der Waals surface area (Å²) >= 11 is 0. The molecule has 0 radical (unpaired) electrons. The second-order valence-corrected chi connectivity index (χ2v) is 13.0. The van der Waals surface area contributed by atoms with E-state index in [1.54, 1.807) is 0 Å². The fourth-order valence-electron chi connectivity index (χ4n) is 7.67. The molecule has 34 heavy (non-hydrogen) atoms. The van der Waals surface area contributed by atoms with Gasteiger partial charge in [0.25, 0.3) is 0 Å². The Balaban J connectivity index is 1.32. The van der Waals surface area contributed by atoms with Crippen LogP contribution in [0.3, 0.4) is 0 Å². The Morgan fingerprint density at radius 2 is 1.00 bits per heavy atom. The fourth-order valence-corrected chi connectivity index (χ4v) is 11.1. The van der Waals surface area contributed by atoms with Crippen LogP contribution in [0.5, 0.6) is 17.2 Å². The van der Waals surface area contributed by atoms with Crippen molar-refractivity contribution in [2.75, 3.05) is 0 Å². The lowest BCUT2D eigenvalue weighted by Crippen LogP contribution is -2.61. The van der Waals surface area contributed by atoms with Crippen LogP contribution in [-0.4, -0.2) is 8.80 Å². The van der Waals surface area contributed by atoms with Gasteiger partial charge in [0.2, 0.25) is 0 Å². The molecule has 3 saturated carbocycles. The molecule has 172 valence electrons. The topological polar surface area (TPSA) is 27.7 Å². The van der Waals surface area contributed by atoms with Gasteiger partial charge in [0.05, 0.1) is 5.54 Å². The van der Waals surface area contributed by atoms with Crippen molar-refractivity contribution < 1.29 is 13.3 Å². The number of hydrogen-bond acceptors (Lipinski definition) is 3. The van der Waals surface area contributed by atoms with Crippen LogP contribution in [-0.2, 0) is 0 Å². The van der Waals surface area contributed by atoms with Gasteiger partial charge in [-0.25, -0.2) is 0 Å². The van der Waals surface area contributed by atoms with E-state index in [1.165, 1.54) is 12.8 Å². The van der Waals surface area contributed by atoms with E-state index in [0.29, 0.717) is 5.92 Å². The fraction of sp³-hybridized carbons (Fsp3) is 0.333. The molecule has 4 aliphatic carbocycles. The van der Waals surface area contributed by atoms with Crippen LogP contribution in [0, 0.1) is 35.5 Å². The smallest absolute Gasteiger partial charge is 0.483 e. The van der Waals surface area contributed by atoms with Gasteiger partial charge in [0.1, 0.15) is 17.2 Å². The molecule has 0 saturated heterocycles. The molecule has 0 amide bonds. The third kappa shape index (κ3) is 3.30. The van der Waals surface area contributed by atoms with Gasteiger partial charge in [-0.2, -0.15) is 0 Å². The first kappa shape index (κ1) is 20.4. The summed E-state index contributed by atoms with van der Waals surface area (Å²) in [5.41, 5.74) is 0.284. The van der Waals surface area contributed by atoms with Crippen LogP contribution in [0.15, 0.2) is 103 Å². The first-order valence-corrected chi connectivity index (χ1v) is 14.5. The zero-order chi connectivity index (χ0) is 22.5. The van der Waals surface area contributed by atoms with Crippen molar-refractivity contribution in [3.63, 3.8) is 0 Å². The molecule has 3 fully saturated rings. The predicted molar refractivity (Wildman–Crippen MR) is 135 cm³/mol. The quantitative estimate of drug-likeness (QED) is 0.213. The van der Waals surface area contributed by atoms with E-state index in [4.69, 9.17) is 13.3 Å². The summed E-state index contributed by atoms with van der Waals surface area (Å²) in [5.74, 6) is 6.96. The van der Waals surface area contributed by atoms with E-state index >= 15 is 0 Å². The average Bonchev–Trinajstić information content (AvgIpc) is 3.66. The van der Waals surface area contributed by atoms with E-state index < -0.39 is 8.80 Å². The van der Waals surface area contributed by atoms with Gasteiger partial charge in [-0.15, -0.1) is 0 Å². The van der Waals surface area contributed by atoms with Crippen molar-refractivity contribution in [3.8, 4) is 17.2 Å². The summed E-state index contributed by atoms with van der Waals surface area (Å²) < 4.78 is 20.9. The van der Waals surface area contributed by atoms with E-state index in [1.807, 2.05) is 91.0 Å². The number of benzene rings is 3. The van der Waals surface area contributed by atoms with Crippen LogP contribution in [0.2, 0.25) is 5.54 Å². The van der Waals surface area contributed by atoms with Crippen LogP contribution < -0.4 is 13.3 Å². The zero-order valence-corrected chi connectivity index (χ0v) is 20.2. The molecular formula is C30H30O3Si. The number of fused-ring (bicyclic) bond motifs is 9. The molecule has 0 heterocycles. The highest BCUT2D eigenvalue weighted by Crippen LogP contribution is 2.70. The lowest BCUT2D eigenvalue weighted by molar-refractivity contribution is 0.157. The molecule has 0 spiro atoms. The Morgan fingerprint density at radius 1 is 0.529 bits per heavy atom. The Labute approximate surface area is 202 Å². The second kappa shape index (κ2) is 8.05. The van der Waals surface area contributed by atoms with Gasteiger partial charge in [-0.05, 0) is 91.2 Å². The third-order valence-electron chi connectivity index (χ3n) is 8.73. The monoisotopic (exact) mass is 466 g/mol. The van der Waals surface area contributed by atoms with Crippen molar-refractivity contribution >= 4 is 8.80 Å². The molecule has 7 atom stereocenters. The van der Waals surface area contributed by atoms with Crippen LogP contribution in [0.4, 0.5) is 0 Å². The van der Waals surface area contributed by atoms with E-state index in [9.17, 15) is 0 Å². The maximum atomic E-state index is 6.95. The van der Waals surface area contributed by atoms with Crippen LogP contribution >= 0.6 is 0 Å². The van der Waals surface area contributed by atoms with Gasteiger partial charge in [0.15, 0.2) is 0 Å². The second-order valence-electron chi connectivity index (χ2n) is 10.5. The van der Waals surface area contributed by atoms with Crippen molar-refractivity contribution in [1.29, 1.82) is 0 Å². The highest BCUT2D eigenvalue weighted by molar-refractivity contribution is 6.65. The molecule has 3 nitrogen and oxygen atoms in total. The molecule has 0 N–H and O–H groups in total. The van der Waals surface area contributed by atoms with Crippen molar-refractivity contribution in [2.45, 2.75) is 24.8 Å². The Bertz CT molecular complexity index is 1060. The average molecular weight is 467 g/mol. The minimum atomic E-state index is -3.25. The lowest BCUT2D eigenvalue weighted by atomic mass is 9.73. The van der Waals surface area contributed by atoms with Gasteiger partial charge in [-0.1, -0.05) is 66.7 Å². The minimum absolute atomic E-state index is 0.284. The molecule has 7 unspecified atom stereocenters. The van der Waals surface area contributed by atoms with E-state index in [0.717, 1.165) is 53.3 Å². The number of rotatable bonds is 7. The summed E-state index contributed by atoms with van der Waals surface area (Å²) in [4.78, 5) is 0. The molecule has 3 aromatic carbocycles. The van der Waals surface area contributed by atoms with Gasteiger partial charge in [0, 0.05) is 0 Å². The molecule has 3 aromatic rings. The Hall–Kier alpha value is -2.98. The molecular weight excluding hydrogens is 436 g/mol. The molecule has 4 heteroatoms. The first-order valence-electron chi connectivity index (χ1n) is 12.7. The van der Waals surface area contributed by atoms with Crippen molar-refractivity contribution in [1.82, 2.24) is 0 Å². The summed E-state index contributed by atoms with van der Waals surface area (Å²) in [6.07, 6.45) is 8.79. The zero-order valence-electron chi connectivity index (χ0n) is 19.2. The molecule has 0 aromatic heterocycles.